The van der Waals surface area contributed by atoms with Gasteiger partial charge in [0.05, 0.1) is 12.2 Å². The predicted molar refractivity (Wildman–Crippen MR) is 116 cm³/mol. The molecule has 0 fully saturated rings. The Bertz CT molecular complexity index is 1110. The second kappa shape index (κ2) is 8.87. The van der Waals surface area contributed by atoms with E-state index in [4.69, 9.17) is 0 Å². The Kier molecular flexibility index (Phi) is 6.01. The van der Waals surface area contributed by atoms with E-state index in [0.29, 0.717) is 37.5 Å². The molecule has 1 aliphatic rings. The first kappa shape index (κ1) is 21.0. The van der Waals surface area contributed by atoms with Gasteiger partial charge >= 0.3 is 5.69 Å². The van der Waals surface area contributed by atoms with Crippen LogP contribution in [0.1, 0.15) is 54.3 Å². The van der Waals surface area contributed by atoms with Gasteiger partial charge in [-0.15, -0.1) is 0 Å². The summed E-state index contributed by atoms with van der Waals surface area (Å²) in [6, 6.07) is 5.64. The van der Waals surface area contributed by atoms with Gasteiger partial charge in [-0.1, -0.05) is 19.9 Å². The molecule has 0 radical (unpaired) electrons. The minimum Gasteiger partial charge on any atom is -0.348 e. The van der Waals surface area contributed by atoms with Crippen molar-refractivity contribution in [2.45, 2.75) is 58.7 Å². The van der Waals surface area contributed by atoms with E-state index < -0.39 is 0 Å². The SMILES string of the molecule is CC(C)Cc1cc(C(=O)NC2CCc3nn(Cc4cccnc4)c(=O)n3CC2)n(C)n1. The summed E-state index contributed by atoms with van der Waals surface area (Å²) >= 11 is 0. The molecule has 0 aromatic carbocycles. The molecular formula is C22H29N7O2. The molecule has 1 amide bonds. The fourth-order valence-electron chi connectivity index (χ4n) is 4.06. The molecule has 3 aromatic heterocycles. The molecule has 0 saturated heterocycles. The molecule has 4 rings (SSSR count). The topological polar surface area (TPSA) is 99.6 Å². The summed E-state index contributed by atoms with van der Waals surface area (Å²) in [5.74, 6) is 1.13. The van der Waals surface area contributed by atoms with Crippen LogP contribution in [-0.4, -0.2) is 41.1 Å². The predicted octanol–water partition coefficient (Wildman–Crippen LogP) is 1.55. The average molecular weight is 424 g/mol. The van der Waals surface area contributed by atoms with E-state index in [1.807, 2.05) is 18.2 Å². The lowest BCUT2D eigenvalue weighted by atomic mass is 10.1. The van der Waals surface area contributed by atoms with Crippen molar-refractivity contribution in [3.63, 3.8) is 0 Å². The number of carbonyl (C=O) groups is 1. The Labute approximate surface area is 181 Å². The number of pyridine rings is 1. The number of hydrogen-bond donors (Lipinski definition) is 1. The van der Waals surface area contributed by atoms with Crippen LogP contribution in [0.15, 0.2) is 35.4 Å². The van der Waals surface area contributed by atoms with Crippen LogP contribution in [0, 0.1) is 5.92 Å². The molecule has 164 valence electrons. The smallest absolute Gasteiger partial charge is 0.346 e. The van der Waals surface area contributed by atoms with Crippen LogP contribution < -0.4 is 11.0 Å². The third kappa shape index (κ3) is 4.76. The maximum Gasteiger partial charge on any atom is 0.346 e. The zero-order valence-corrected chi connectivity index (χ0v) is 18.3. The van der Waals surface area contributed by atoms with Crippen LogP contribution in [0.4, 0.5) is 0 Å². The molecule has 0 spiro atoms. The van der Waals surface area contributed by atoms with Gasteiger partial charge in [-0.2, -0.15) is 10.2 Å². The molecule has 9 heteroatoms. The second-order valence-electron chi connectivity index (χ2n) is 8.61. The molecule has 3 aromatic rings. The summed E-state index contributed by atoms with van der Waals surface area (Å²) in [6.45, 7) is 5.21. The van der Waals surface area contributed by atoms with Gasteiger partial charge in [0, 0.05) is 38.4 Å². The summed E-state index contributed by atoms with van der Waals surface area (Å²) in [7, 11) is 1.80. The van der Waals surface area contributed by atoms with Crippen molar-refractivity contribution in [1.82, 2.24) is 34.4 Å². The maximum absolute atomic E-state index is 12.8. The highest BCUT2D eigenvalue weighted by atomic mass is 16.2. The molecular weight excluding hydrogens is 394 g/mol. The van der Waals surface area contributed by atoms with Crippen molar-refractivity contribution in [2.75, 3.05) is 0 Å². The number of nitrogens with zero attached hydrogens (tertiary/aromatic N) is 6. The molecule has 1 unspecified atom stereocenters. The lowest BCUT2D eigenvalue weighted by Crippen LogP contribution is -2.36. The molecule has 0 bridgehead atoms. The number of fused-ring (bicyclic) bond motifs is 1. The fourth-order valence-corrected chi connectivity index (χ4v) is 4.06. The highest BCUT2D eigenvalue weighted by Gasteiger charge is 2.23. The third-order valence-corrected chi connectivity index (χ3v) is 5.59. The van der Waals surface area contributed by atoms with Crippen LogP contribution >= 0.6 is 0 Å². The van der Waals surface area contributed by atoms with Gasteiger partial charge in [0.25, 0.3) is 5.91 Å². The highest BCUT2D eigenvalue weighted by molar-refractivity contribution is 5.92. The molecule has 31 heavy (non-hydrogen) atoms. The molecule has 1 aliphatic heterocycles. The monoisotopic (exact) mass is 423 g/mol. The molecule has 0 aliphatic carbocycles. The number of carbonyl (C=O) groups excluding carboxylic acids is 1. The second-order valence-corrected chi connectivity index (χ2v) is 8.61. The van der Waals surface area contributed by atoms with Crippen molar-refractivity contribution in [1.29, 1.82) is 0 Å². The largest absolute Gasteiger partial charge is 0.348 e. The first-order chi connectivity index (χ1) is 14.9. The van der Waals surface area contributed by atoms with E-state index in [-0.39, 0.29) is 17.6 Å². The van der Waals surface area contributed by atoms with E-state index in [2.05, 4.69) is 34.3 Å². The van der Waals surface area contributed by atoms with Gasteiger partial charge in [-0.25, -0.2) is 9.48 Å². The number of aromatic nitrogens is 6. The zero-order chi connectivity index (χ0) is 22.0. The van der Waals surface area contributed by atoms with Crippen LogP contribution in [0.3, 0.4) is 0 Å². The van der Waals surface area contributed by atoms with Gasteiger partial charge in [0.15, 0.2) is 0 Å². The number of nitrogens with one attached hydrogen (secondary N) is 1. The minimum absolute atomic E-state index is 0.0103. The van der Waals surface area contributed by atoms with Crippen molar-refractivity contribution in [2.24, 2.45) is 13.0 Å². The van der Waals surface area contributed by atoms with Crippen molar-refractivity contribution >= 4 is 5.91 Å². The third-order valence-electron chi connectivity index (χ3n) is 5.59. The summed E-state index contributed by atoms with van der Waals surface area (Å²) in [5, 5.41) is 12.1. The maximum atomic E-state index is 12.8. The van der Waals surface area contributed by atoms with Crippen LogP contribution in [-0.2, 0) is 33.0 Å². The molecule has 1 atom stereocenters. The Hall–Kier alpha value is -3.23. The first-order valence-corrected chi connectivity index (χ1v) is 10.8. The van der Waals surface area contributed by atoms with Gasteiger partial charge < -0.3 is 5.32 Å². The quantitative estimate of drug-likeness (QED) is 0.649. The Balaban J connectivity index is 1.40. The molecule has 9 nitrogen and oxygen atoms in total. The highest BCUT2D eigenvalue weighted by Crippen LogP contribution is 2.14. The summed E-state index contributed by atoms with van der Waals surface area (Å²) in [6.07, 6.45) is 6.37. The van der Waals surface area contributed by atoms with Gasteiger partial charge in [-0.05, 0) is 42.9 Å². The minimum atomic E-state index is -0.122. The van der Waals surface area contributed by atoms with E-state index in [9.17, 15) is 9.59 Å². The zero-order valence-electron chi connectivity index (χ0n) is 18.3. The van der Waals surface area contributed by atoms with Gasteiger partial charge in [0.1, 0.15) is 11.5 Å². The first-order valence-electron chi connectivity index (χ1n) is 10.8. The number of aryl methyl sites for hydroxylation is 2. The van der Waals surface area contributed by atoms with E-state index in [1.165, 1.54) is 4.68 Å². The fraction of sp³-hybridized carbons (Fsp3) is 0.500. The summed E-state index contributed by atoms with van der Waals surface area (Å²) < 4.78 is 4.87. The number of hydrogen-bond acceptors (Lipinski definition) is 5. The van der Waals surface area contributed by atoms with E-state index in [0.717, 1.165) is 29.9 Å². The van der Waals surface area contributed by atoms with Crippen LogP contribution in [0.2, 0.25) is 0 Å². The van der Waals surface area contributed by atoms with Crippen molar-refractivity contribution in [3.8, 4) is 0 Å². The number of rotatable bonds is 6. The summed E-state index contributed by atoms with van der Waals surface area (Å²) in [4.78, 5) is 29.7. The van der Waals surface area contributed by atoms with Gasteiger partial charge in [-0.3, -0.25) is 19.0 Å². The van der Waals surface area contributed by atoms with E-state index >= 15 is 0 Å². The van der Waals surface area contributed by atoms with Crippen molar-refractivity contribution < 1.29 is 4.79 Å². The Morgan fingerprint density at radius 2 is 2.13 bits per heavy atom. The molecule has 4 heterocycles. The average Bonchev–Trinajstić information content (AvgIpc) is 3.15. The standard InChI is InChI=1S/C22H29N7O2/c1-15(2)11-18-12-19(27(3)25-18)21(30)24-17-6-7-20-26-29(22(31)28(20)10-8-17)14-16-5-4-9-23-13-16/h4-5,9,12-13,15,17H,6-8,10-11,14H2,1-3H3,(H,24,30). The molecule has 0 saturated carbocycles. The Morgan fingerprint density at radius 1 is 1.29 bits per heavy atom. The Morgan fingerprint density at radius 3 is 2.87 bits per heavy atom. The van der Waals surface area contributed by atoms with E-state index in [1.54, 1.807) is 28.7 Å². The lowest BCUT2D eigenvalue weighted by molar-refractivity contribution is 0.0923. The normalized spacial score (nSPS) is 16.2. The number of amides is 1. The molecule has 1 N–H and O–H groups in total. The van der Waals surface area contributed by atoms with Crippen molar-refractivity contribution in [3.05, 3.63) is 63.9 Å². The van der Waals surface area contributed by atoms with Crippen LogP contribution in [0.5, 0.6) is 0 Å². The van der Waals surface area contributed by atoms with Gasteiger partial charge in [0.2, 0.25) is 0 Å². The summed E-state index contributed by atoms with van der Waals surface area (Å²) in [5.41, 5.74) is 2.32. The van der Waals surface area contributed by atoms with Crippen LogP contribution in [0.25, 0.3) is 0 Å². The lowest BCUT2D eigenvalue weighted by Gasteiger charge is -2.16.